The Hall–Kier alpha value is -2.08. The second-order valence-electron chi connectivity index (χ2n) is 8.82. The molecule has 0 spiro atoms. The number of rotatable bonds is 11. The van der Waals surface area contributed by atoms with Gasteiger partial charge in [0.1, 0.15) is 11.8 Å². The SMILES string of the molecule is CCN(CC)C(CNC(=O)C(NC(=O)C1CCCCC1)C(C)C)c1cccc(OC)c1. The maximum atomic E-state index is 13.1. The molecule has 6 nitrogen and oxygen atoms in total. The number of carbonyl (C=O) groups is 2. The number of nitrogens with one attached hydrogen (secondary N) is 2. The zero-order valence-electron chi connectivity index (χ0n) is 19.9. The Bertz CT molecular complexity index is 697. The lowest BCUT2D eigenvalue weighted by Gasteiger charge is -2.32. The Morgan fingerprint density at radius 1 is 1.13 bits per heavy atom. The summed E-state index contributed by atoms with van der Waals surface area (Å²) in [5.74, 6) is 0.793. The normalized spacial score (nSPS) is 16.7. The lowest BCUT2D eigenvalue weighted by molar-refractivity contribution is -0.132. The summed E-state index contributed by atoms with van der Waals surface area (Å²) < 4.78 is 5.40. The van der Waals surface area contributed by atoms with Gasteiger partial charge in [-0.2, -0.15) is 0 Å². The number of benzene rings is 1. The highest BCUT2D eigenvalue weighted by atomic mass is 16.5. The van der Waals surface area contributed by atoms with Gasteiger partial charge in [0.05, 0.1) is 13.2 Å². The van der Waals surface area contributed by atoms with Gasteiger partial charge in [-0.25, -0.2) is 0 Å². The second kappa shape index (κ2) is 12.7. The number of hydrogen-bond donors (Lipinski definition) is 2. The summed E-state index contributed by atoms with van der Waals surface area (Å²) in [6, 6.07) is 7.53. The Balaban J connectivity index is 2.08. The van der Waals surface area contributed by atoms with Crippen LogP contribution in [0, 0.1) is 11.8 Å². The Labute approximate surface area is 188 Å². The van der Waals surface area contributed by atoms with Gasteiger partial charge in [0, 0.05) is 12.5 Å². The lowest BCUT2D eigenvalue weighted by atomic mass is 9.88. The van der Waals surface area contributed by atoms with E-state index in [9.17, 15) is 9.59 Å². The predicted octanol–water partition coefficient (Wildman–Crippen LogP) is 3.92. The van der Waals surface area contributed by atoms with Gasteiger partial charge in [-0.3, -0.25) is 14.5 Å². The molecule has 31 heavy (non-hydrogen) atoms. The molecule has 1 aliphatic rings. The summed E-state index contributed by atoms with van der Waals surface area (Å²) >= 11 is 0. The molecular weight excluding hydrogens is 390 g/mol. The maximum Gasteiger partial charge on any atom is 0.242 e. The van der Waals surface area contributed by atoms with E-state index in [1.54, 1.807) is 7.11 Å². The fraction of sp³-hybridized carbons (Fsp3) is 0.680. The molecule has 0 radical (unpaired) electrons. The summed E-state index contributed by atoms with van der Waals surface area (Å²) in [6.07, 6.45) is 5.26. The summed E-state index contributed by atoms with van der Waals surface area (Å²) in [6.45, 7) is 10.4. The molecule has 0 heterocycles. The van der Waals surface area contributed by atoms with Crippen LogP contribution in [0.2, 0.25) is 0 Å². The Morgan fingerprint density at radius 2 is 1.81 bits per heavy atom. The highest BCUT2D eigenvalue weighted by molar-refractivity contribution is 5.88. The first-order valence-corrected chi connectivity index (χ1v) is 11.9. The number of hydrogen-bond acceptors (Lipinski definition) is 4. The quantitative estimate of drug-likeness (QED) is 0.557. The zero-order valence-corrected chi connectivity index (χ0v) is 19.9. The van der Waals surface area contributed by atoms with Crippen LogP contribution in [0.15, 0.2) is 24.3 Å². The summed E-state index contributed by atoms with van der Waals surface area (Å²) in [5, 5.41) is 6.16. The molecule has 1 saturated carbocycles. The van der Waals surface area contributed by atoms with E-state index in [2.05, 4.69) is 35.4 Å². The van der Waals surface area contributed by atoms with E-state index in [-0.39, 0.29) is 29.7 Å². The summed E-state index contributed by atoms with van der Waals surface area (Å²) in [7, 11) is 1.66. The highest BCUT2D eigenvalue weighted by Crippen LogP contribution is 2.25. The molecule has 0 saturated heterocycles. The minimum Gasteiger partial charge on any atom is -0.497 e. The average molecular weight is 432 g/mol. The molecule has 2 atom stereocenters. The van der Waals surface area contributed by atoms with Crippen molar-refractivity contribution >= 4 is 11.8 Å². The first kappa shape index (κ1) is 25.2. The smallest absolute Gasteiger partial charge is 0.242 e. The fourth-order valence-corrected chi connectivity index (χ4v) is 4.45. The molecule has 2 N–H and O–H groups in total. The lowest BCUT2D eigenvalue weighted by Crippen LogP contribution is -2.52. The van der Waals surface area contributed by atoms with Crippen molar-refractivity contribution < 1.29 is 14.3 Å². The van der Waals surface area contributed by atoms with E-state index in [0.29, 0.717) is 6.54 Å². The van der Waals surface area contributed by atoms with Crippen molar-refractivity contribution in [1.29, 1.82) is 0 Å². The van der Waals surface area contributed by atoms with E-state index >= 15 is 0 Å². The van der Waals surface area contributed by atoms with Gasteiger partial charge in [0.15, 0.2) is 0 Å². The van der Waals surface area contributed by atoms with Crippen LogP contribution in [0.5, 0.6) is 5.75 Å². The monoisotopic (exact) mass is 431 g/mol. The number of carbonyl (C=O) groups excluding carboxylic acids is 2. The molecule has 1 aliphatic carbocycles. The third-order valence-electron chi connectivity index (χ3n) is 6.42. The maximum absolute atomic E-state index is 13.1. The topological polar surface area (TPSA) is 70.7 Å². The van der Waals surface area contributed by atoms with Gasteiger partial charge < -0.3 is 15.4 Å². The molecule has 174 valence electrons. The third-order valence-corrected chi connectivity index (χ3v) is 6.42. The molecule has 0 aromatic heterocycles. The molecule has 0 bridgehead atoms. The van der Waals surface area contributed by atoms with Gasteiger partial charge in [0.25, 0.3) is 0 Å². The van der Waals surface area contributed by atoms with Gasteiger partial charge >= 0.3 is 0 Å². The molecule has 2 rings (SSSR count). The minimum absolute atomic E-state index is 0.0243. The van der Waals surface area contributed by atoms with E-state index in [1.165, 1.54) is 6.42 Å². The largest absolute Gasteiger partial charge is 0.497 e. The number of ether oxygens (including phenoxy) is 1. The number of methoxy groups -OCH3 is 1. The van der Waals surface area contributed by atoms with Crippen molar-refractivity contribution in [3.63, 3.8) is 0 Å². The standard InChI is InChI=1S/C25H41N3O3/c1-6-28(7-2)22(20-14-11-15-21(16-20)31-5)17-26-25(30)23(18(3)4)27-24(29)19-12-9-8-10-13-19/h11,14-16,18-19,22-23H,6-10,12-13,17H2,1-5H3,(H,26,30)(H,27,29). The van der Waals surface area contributed by atoms with Crippen molar-refractivity contribution in [2.45, 2.75) is 71.9 Å². The van der Waals surface area contributed by atoms with Crippen LogP contribution < -0.4 is 15.4 Å². The van der Waals surface area contributed by atoms with Crippen LogP contribution >= 0.6 is 0 Å². The van der Waals surface area contributed by atoms with Crippen LogP contribution in [0.1, 0.15) is 71.4 Å². The molecule has 0 aliphatic heterocycles. The first-order valence-electron chi connectivity index (χ1n) is 11.9. The Kier molecular flexibility index (Phi) is 10.3. The second-order valence-corrected chi connectivity index (χ2v) is 8.82. The summed E-state index contributed by atoms with van der Waals surface area (Å²) in [5.41, 5.74) is 1.11. The molecule has 1 aromatic carbocycles. The number of amides is 2. The fourth-order valence-electron chi connectivity index (χ4n) is 4.45. The molecule has 6 heteroatoms. The van der Waals surface area contributed by atoms with Crippen molar-refractivity contribution in [3.8, 4) is 5.75 Å². The van der Waals surface area contributed by atoms with E-state index in [1.807, 2.05) is 32.0 Å². The Morgan fingerprint density at radius 3 is 2.39 bits per heavy atom. The molecule has 2 amide bonds. The molecule has 2 unspecified atom stereocenters. The van der Waals surface area contributed by atoms with E-state index in [0.717, 1.165) is 50.1 Å². The van der Waals surface area contributed by atoms with Crippen LogP contribution in [0.25, 0.3) is 0 Å². The predicted molar refractivity (Wildman–Crippen MR) is 125 cm³/mol. The molecule has 1 fully saturated rings. The van der Waals surface area contributed by atoms with E-state index < -0.39 is 6.04 Å². The molecular formula is C25H41N3O3. The highest BCUT2D eigenvalue weighted by Gasteiger charge is 2.29. The van der Waals surface area contributed by atoms with Gasteiger partial charge in [-0.1, -0.05) is 59.1 Å². The van der Waals surface area contributed by atoms with Crippen LogP contribution in [-0.2, 0) is 9.59 Å². The van der Waals surface area contributed by atoms with Crippen LogP contribution in [0.3, 0.4) is 0 Å². The number of nitrogens with zero attached hydrogens (tertiary/aromatic N) is 1. The van der Waals surface area contributed by atoms with Crippen LogP contribution in [-0.4, -0.2) is 49.5 Å². The van der Waals surface area contributed by atoms with Crippen LogP contribution in [0.4, 0.5) is 0 Å². The molecule has 1 aromatic rings. The average Bonchev–Trinajstić information content (AvgIpc) is 2.80. The van der Waals surface area contributed by atoms with Crippen molar-refractivity contribution in [1.82, 2.24) is 15.5 Å². The van der Waals surface area contributed by atoms with Gasteiger partial charge in [-0.15, -0.1) is 0 Å². The van der Waals surface area contributed by atoms with Gasteiger partial charge in [0.2, 0.25) is 11.8 Å². The minimum atomic E-state index is -0.517. The van der Waals surface area contributed by atoms with Gasteiger partial charge in [-0.05, 0) is 49.5 Å². The van der Waals surface area contributed by atoms with E-state index in [4.69, 9.17) is 4.74 Å². The summed E-state index contributed by atoms with van der Waals surface area (Å²) in [4.78, 5) is 28.1. The van der Waals surface area contributed by atoms with Crippen molar-refractivity contribution in [3.05, 3.63) is 29.8 Å². The van der Waals surface area contributed by atoms with Crippen molar-refractivity contribution in [2.75, 3.05) is 26.7 Å². The third kappa shape index (κ3) is 7.23. The first-order chi connectivity index (χ1) is 14.9. The number of likely N-dealkylation sites (N-methyl/N-ethyl adjacent to an activating group) is 1. The van der Waals surface area contributed by atoms with Crippen molar-refractivity contribution in [2.24, 2.45) is 11.8 Å². The zero-order chi connectivity index (χ0) is 22.8.